The second-order valence-corrected chi connectivity index (χ2v) is 5.93. The van der Waals surface area contributed by atoms with Crippen LogP contribution in [-0.2, 0) is 13.0 Å². The maximum absolute atomic E-state index is 5.93. The van der Waals surface area contributed by atoms with Gasteiger partial charge in [-0.15, -0.1) is 0 Å². The highest BCUT2D eigenvalue weighted by Crippen LogP contribution is 2.18. The summed E-state index contributed by atoms with van der Waals surface area (Å²) in [5.41, 5.74) is 2.66. The van der Waals surface area contributed by atoms with Crippen LogP contribution >= 0.6 is 0 Å². The third-order valence-corrected chi connectivity index (χ3v) is 3.96. The quantitative estimate of drug-likeness (QED) is 0.591. The zero-order valence-corrected chi connectivity index (χ0v) is 14.3. The van der Waals surface area contributed by atoms with Gasteiger partial charge in [0.25, 0.3) is 0 Å². The van der Waals surface area contributed by atoms with Gasteiger partial charge in [-0.25, -0.2) is 0 Å². The molecule has 0 aliphatic heterocycles. The Morgan fingerprint density at radius 3 is 2.48 bits per heavy atom. The van der Waals surface area contributed by atoms with Crippen LogP contribution in [-0.4, -0.2) is 13.2 Å². The minimum Gasteiger partial charge on any atom is -0.493 e. The predicted molar refractivity (Wildman–Crippen MR) is 97.9 cm³/mol. The van der Waals surface area contributed by atoms with E-state index in [-0.39, 0.29) is 0 Å². The molecule has 2 rings (SSSR count). The summed E-state index contributed by atoms with van der Waals surface area (Å²) in [6.45, 7) is 4.93. The molecule has 2 aromatic carbocycles. The lowest BCUT2D eigenvalue weighted by molar-refractivity contribution is 0.302. The molecule has 0 heterocycles. The summed E-state index contributed by atoms with van der Waals surface area (Å²) in [5, 5.41) is 3.53. The molecule has 0 saturated heterocycles. The Morgan fingerprint density at radius 1 is 0.870 bits per heavy atom. The minimum absolute atomic E-state index is 0.818. The second kappa shape index (κ2) is 10.8. The average molecular weight is 311 g/mol. The summed E-state index contributed by atoms with van der Waals surface area (Å²) in [5.74, 6) is 1.03. The van der Waals surface area contributed by atoms with E-state index in [4.69, 9.17) is 4.74 Å². The molecular weight excluding hydrogens is 282 g/mol. The molecule has 0 aliphatic rings. The van der Waals surface area contributed by atoms with Gasteiger partial charge in [-0.3, -0.25) is 0 Å². The van der Waals surface area contributed by atoms with Crippen molar-refractivity contribution in [1.82, 2.24) is 5.32 Å². The monoisotopic (exact) mass is 311 g/mol. The van der Waals surface area contributed by atoms with E-state index in [1.807, 2.05) is 6.07 Å². The first-order chi connectivity index (χ1) is 11.4. The lowest BCUT2D eigenvalue weighted by atomic mass is 10.1. The molecule has 0 bridgehead atoms. The van der Waals surface area contributed by atoms with Gasteiger partial charge in [-0.1, -0.05) is 68.3 Å². The highest BCUT2D eigenvalue weighted by atomic mass is 16.5. The molecule has 0 amide bonds. The molecular formula is C21H29NO. The number of rotatable bonds is 11. The Morgan fingerprint density at radius 2 is 1.65 bits per heavy atom. The largest absolute Gasteiger partial charge is 0.493 e. The van der Waals surface area contributed by atoms with E-state index in [1.165, 1.54) is 24.0 Å². The Bertz CT molecular complexity index is 539. The zero-order chi connectivity index (χ0) is 16.2. The van der Waals surface area contributed by atoms with Gasteiger partial charge in [0.1, 0.15) is 5.75 Å². The summed E-state index contributed by atoms with van der Waals surface area (Å²) >= 11 is 0. The van der Waals surface area contributed by atoms with Gasteiger partial charge in [0.15, 0.2) is 0 Å². The molecule has 23 heavy (non-hydrogen) atoms. The van der Waals surface area contributed by atoms with Crippen molar-refractivity contribution in [3.05, 3.63) is 65.7 Å². The summed E-state index contributed by atoms with van der Waals surface area (Å²) in [6, 6.07) is 19.0. The van der Waals surface area contributed by atoms with Crippen LogP contribution in [0.25, 0.3) is 0 Å². The van der Waals surface area contributed by atoms with Gasteiger partial charge in [0, 0.05) is 12.1 Å². The van der Waals surface area contributed by atoms with Crippen molar-refractivity contribution in [2.75, 3.05) is 13.2 Å². The Balaban J connectivity index is 1.68. The van der Waals surface area contributed by atoms with Crippen molar-refractivity contribution in [3.63, 3.8) is 0 Å². The van der Waals surface area contributed by atoms with Crippen LogP contribution in [0.15, 0.2) is 54.6 Å². The van der Waals surface area contributed by atoms with E-state index in [2.05, 4.69) is 60.8 Å². The standard InChI is InChI=1S/C21H29NO/c1-2-3-9-17-23-21-15-8-7-14-20(21)18-22-16-10-13-19-11-5-4-6-12-19/h4-8,11-12,14-15,22H,2-3,9-10,13,16-18H2,1H3. The molecule has 0 spiro atoms. The van der Waals surface area contributed by atoms with Crippen LogP contribution in [0.4, 0.5) is 0 Å². The van der Waals surface area contributed by atoms with Crippen LogP contribution < -0.4 is 10.1 Å². The molecule has 1 N–H and O–H groups in total. The molecule has 0 unspecified atom stereocenters. The average Bonchev–Trinajstić information content (AvgIpc) is 2.60. The number of para-hydroxylation sites is 1. The van der Waals surface area contributed by atoms with E-state index >= 15 is 0 Å². The molecule has 2 aromatic rings. The normalized spacial score (nSPS) is 10.7. The van der Waals surface area contributed by atoms with Gasteiger partial charge in [0.2, 0.25) is 0 Å². The predicted octanol–water partition coefficient (Wildman–Crippen LogP) is 4.98. The number of nitrogens with one attached hydrogen (secondary N) is 1. The van der Waals surface area contributed by atoms with E-state index < -0.39 is 0 Å². The highest BCUT2D eigenvalue weighted by Gasteiger charge is 2.02. The van der Waals surface area contributed by atoms with E-state index in [0.29, 0.717) is 0 Å². The third kappa shape index (κ3) is 6.87. The van der Waals surface area contributed by atoms with Gasteiger partial charge >= 0.3 is 0 Å². The SMILES string of the molecule is CCCCCOc1ccccc1CNCCCc1ccccc1. The van der Waals surface area contributed by atoms with Gasteiger partial charge in [-0.05, 0) is 37.4 Å². The molecule has 2 heteroatoms. The molecule has 2 nitrogen and oxygen atoms in total. The molecule has 0 fully saturated rings. The lowest BCUT2D eigenvalue weighted by Crippen LogP contribution is -2.16. The van der Waals surface area contributed by atoms with Crippen LogP contribution in [0, 0.1) is 0 Å². The smallest absolute Gasteiger partial charge is 0.123 e. The highest BCUT2D eigenvalue weighted by molar-refractivity contribution is 5.33. The Kier molecular flexibility index (Phi) is 8.28. The first-order valence-corrected chi connectivity index (χ1v) is 8.85. The van der Waals surface area contributed by atoms with Gasteiger partial charge in [-0.2, -0.15) is 0 Å². The van der Waals surface area contributed by atoms with Crippen LogP contribution in [0.3, 0.4) is 0 Å². The topological polar surface area (TPSA) is 21.3 Å². The number of aryl methyl sites for hydroxylation is 1. The number of hydrogen-bond acceptors (Lipinski definition) is 2. The molecule has 0 aromatic heterocycles. The lowest BCUT2D eigenvalue weighted by Gasteiger charge is -2.12. The number of unbranched alkanes of at least 4 members (excludes halogenated alkanes) is 2. The maximum atomic E-state index is 5.93. The number of hydrogen-bond donors (Lipinski definition) is 1. The summed E-state index contributed by atoms with van der Waals surface area (Å²) in [7, 11) is 0. The van der Waals surface area contributed by atoms with Crippen molar-refractivity contribution in [2.45, 2.75) is 45.6 Å². The van der Waals surface area contributed by atoms with E-state index in [0.717, 1.165) is 44.7 Å². The number of ether oxygens (including phenoxy) is 1. The molecule has 0 radical (unpaired) electrons. The minimum atomic E-state index is 0.818. The van der Waals surface area contributed by atoms with Crippen molar-refractivity contribution in [1.29, 1.82) is 0 Å². The van der Waals surface area contributed by atoms with Crippen molar-refractivity contribution >= 4 is 0 Å². The Labute approximate surface area is 140 Å². The fourth-order valence-electron chi connectivity index (χ4n) is 2.61. The van der Waals surface area contributed by atoms with Crippen molar-refractivity contribution in [2.24, 2.45) is 0 Å². The summed E-state index contributed by atoms with van der Waals surface area (Å²) in [6.07, 6.45) is 5.88. The summed E-state index contributed by atoms with van der Waals surface area (Å²) in [4.78, 5) is 0. The fraction of sp³-hybridized carbons (Fsp3) is 0.429. The second-order valence-electron chi connectivity index (χ2n) is 5.93. The van der Waals surface area contributed by atoms with E-state index in [9.17, 15) is 0 Å². The molecule has 0 saturated carbocycles. The molecule has 0 aliphatic carbocycles. The van der Waals surface area contributed by atoms with E-state index in [1.54, 1.807) is 0 Å². The van der Waals surface area contributed by atoms with Crippen LogP contribution in [0.5, 0.6) is 5.75 Å². The van der Waals surface area contributed by atoms with Crippen LogP contribution in [0.2, 0.25) is 0 Å². The van der Waals surface area contributed by atoms with Crippen molar-refractivity contribution in [3.8, 4) is 5.75 Å². The zero-order valence-electron chi connectivity index (χ0n) is 14.3. The third-order valence-electron chi connectivity index (χ3n) is 3.96. The first-order valence-electron chi connectivity index (χ1n) is 8.85. The maximum Gasteiger partial charge on any atom is 0.123 e. The van der Waals surface area contributed by atoms with Crippen molar-refractivity contribution < 1.29 is 4.74 Å². The fourth-order valence-corrected chi connectivity index (χ4v) is 2.61. The van der Waals surface area contributed by atoms with Gasteiger partial charge in [0.05, 0.1) is 6.61 Å². The molecule has 0 atom stereocenters. The van der Waals surface area contributed by atoms with Crippen LogP contribution in [0.1, 0.15) is 43.7 Å². The number of benzene rings is 2. The van der Waals surface area contributed by atoms with Gasteiger partial charge < -0.3 is 10.1 Å². The first kappa shape index (κ1) is 17.6. The summed E-state index contributed by atoms with van der Waals surface area (Å²) < 4.78 is 5.93. The Hall–Kier alpha value is -1.80. The molecule has 124 valence electrons.